The second kappa shape index (κ2) is 4.97. The molecular formula is C9H11BrN2O3. The third kappa shape index (κ3) is 2.82. The molecule has 1 aromatic rings. The molecule has 0 aliphatic rings. The van der Waals surface area contributed by atoms with Crippen molar-refractivity contribution in [2.75, 3.05) is 7.05 Å². The van der Waals surface area contributed by atoms with Gasteiger partial charge in [0, 0.05) is 7.05 Å². The molecule has 0 spiro atoms. The zero-order valence-corrected chi connectivity index (χ0v) is 9.92. The van der Waals surface area contributed by atoms with Crippen molar-refractivity contribution < 1.29 is 14.0 Å². The average molecular weight is 275 g/mol. The van der Waals surface area contributed by atoms with E-state index in [4.69, 9.17) is 4.42 Å². The van der Waals surface area contributed by atoms with E-state index in [1.807, 2.05) is 0 Å². The molecule has 1 heterocycles. The molecular weight excluding hydrogens is 264 g/mol. The van der Waals surface area contributed by atoms with Gasteiger partial charge in [-0.2, -0.15) is 0 Å². The van der Waals surface area contributed by atoms with Gasteiger partial charge in [-0.3, -0.25) is 9.59 Å². The van der Waals surface area contributed by atoms with Gasteiger partial charge in [0.15, 0.2) is 4.67 Å². The van der Waals surface area contributed by atoms with Crippen LogP contribution in [-0.2, 0) is 4.79 Å². The number of carbonyl (C=O) groups is 2. The number of halogens is 1. The van der Waals surface area contributed by atoms with E-state index in [-0.39, 0.29) is 11.8 Å². The highest BCUT2D eigenvalue weighted by atomic mass is 79.9. The van der Waals surface area contributed by atoms with Crippen molar-refractivity contribution in [3.05, 3.63) is 22.6 Å². The van der Waals surface area contributed by atoms with Gasteiger partial charge in [-0.1, -0.05) is 0 Å². The number of rotatable bonds is 3. The van der Waals surface area contributed by atoms with Crippen LogP contribution in [-0.4, -0.2) is 24.9 Å². The lowest BCUT2D eigenvalue weighted by molar-refractivity contribution is -0.122. The standard InChI is InChI=1S/C9H11BrN2O3/c1-5(8(13)11-2)12-9(14)6-3-4-15-7(6)10/h3-5H,1-2H3,(H,11,13)(H,12,14). The second-order valence-electron chi connectivity index (χ2n) is 2.92. The minimum atomic E-state index is -0.579. The van der Waals surface area contributed by atoms with Crippen LogP contribution in [0, 0.1) is 0 Å². The SMILES string of the molecule is CNC(=O)C(C)NC(=O)c1ccoc1Br. The molecule has 0 aliphatic heterocycles. The van der Waals surface area contributed by atoms with Gasteiger partial charge in [0.2, 0.25) is 5.91 Å². The van der Waals surface area contributed by atoms with E-state index in [1.165, 1.54) is 19.4 Å². The van der Waals surface area contributed by atoms with Gasteiger partial charge in [-0.05, 0) is 28.9 Å². The van der Waals surface area contributed by atoms with E-state index in [0.29, 0.717) is 10.2 Å². The molecule has 2 amide bonds. The molecule has 0 radical (unpaired) electrons. The Morgan fingerprint density at radius 2 is 2.20 bits per heavy atom. The summed E-state index contributed by atoms with van der Waals surface area (Å²) in [7, 11) is 1.51. The summed E-state index contributed by atoms with van der Waals surface area (Å²) in [5.74, 6) is -0.602. The molecule has 0 saturated heterocycles. The first kappa shape index (κ1) is 11.8. The topological polar surface area (TPSA) is 71.3 Å². The molecule has 0 fully saturated rings. The quantitative estimate of drug-likeness (QED) is 0.861. The average Bonchev–Trinajstić information content (AvgIpc) is 2.63. The van der Waals surface area contributed by atoms with Crippen molar-refractivity contribution in [1.29, 1.82) is 0 Å². The summed E-state index contributed by atoms with van der Waals surface area (Å²) in [5, 5.41) is 4.97. The summed E-state index contributed by atoms with van der Waals surface area (Å²) in [6.07, 6.45) is 1.39. The first-order valence-corrected chi connectivity index (χ1v) is 5.11. The lowest BCUT2D eigenvalue weighted by Crippen LogP contribution is -2.43. The van der Waals surface area contributed by atoms with E-state index in [9.17, 15) is 9.59 Å². The molecule has 0 bridgehead atoms. The van der Waals surface area contributed by atoms with Crippen LogP contribution in [0.2, 0.25) is 0 Å². The van der Waals surface area contributed by atoms with E-state index >= 15 is 0 Å². The van der Waals surface area contributed by atoms with Crippen molar-refractivity contribution in [3.63, 3.8) is 0 Å². The van der Waals surface area contributed by atoms with Crippen molar-refractivity contribution >= 4 is 27.7 Å². The van der Waals surface area contributed by atoms with Gasteiger partial charge in [-0.15, -0.1) is 0 Å². The molecule has 1 rings (SSSR count). The summed E-state index contributed by atoms with van der Waals surface area (Å²) in [6.45, 7) is 1.60. The van der Waals surface area contributed by atoms with Crippen LogP contribution in [0.5, 0.6) is 0 Å². The summed E-state index contributed by atoms with van der Waals surface area (Å²) in [4.78, 5) is 22.7. The number of amides is 2. The highest BCUT2D eigenvalue weighted by molar-refractivity contribution is 9.10. The maximum absolute atomic E-state index is 11.6. The molecule has 82 valence electrons. The van der Waals surface area contributed by atoms with E-state index in [1.54, 1.807) is 6.92 Å². The van der Waals surface area contributed by atoms with Crippen molar-refractivity contribution in [2.24, 2.45) is 0 Å². The lowest BCUT2D eigenvalue weighted by atomic mass is 10.2. The minimum Gasteiger partial charge on any atom is -0.457 e. The normalized spacial score (nSPS) is 11.9. The smallest absolute Gasteiger partial charge is 0.256 e. The van der Waals surface area contributed by atoms with E-state index < -0.39 is 6.04 Å². The van der Waals surface area contributed by atoms with Crippen LogP contribution in [0.3, 0.4) is 0 Å². The van der Waals surface area contributed by atoms with Gasteiger partial charge < -0.3 is 15.1 Å². The molecule has 1 atom stereocenters. The first-order chi connectivity index (χ1) is 7.06. The third-order valence-electron chi connectivity index (χ3n) is 1.85. The largest absolute Gasteiger partial charge is 0.457 e. The fourth-order valence-electron chi connectivity index (χ4n) is 1.01. The second-order valence-corrected chi connectivity index (χ2v) is 3.64. The predicted octanol–water partition coefficient (Wildman–Crippen LogP) is 0.906. The predicted molar refractivity (Wildman–Crippen MR) is 57.4 cm³/mol. The maximum Gasteiger partial charge on any atom is 0.256 e. The number of likely N-dealkylation sites (N-methyl/N-ethyl adjacent to an activating group) is 1. The number of hydrogen-bond acceptors (Lipinski definition) is 3. The Balaban J connectivity index is 2.64. The molecule has 1 aromatic heterocycles. The van der Waals surface area contributed by atoms with Crippen LogP contribution in [0.15, 0.2) is 21.4 Å². The van der Waals surface area contributed by atoms with Crippen LogP contribution < -0.4 is 10.6 Å². The van der Waals surface area contributed by atoms with Gasteiger partial charge in [-0.25, -0.2) is 0 Å². The van der Waals surface area contributed by atoms with Gasteiger partial charge in [0.25, 0.3) is 5.91 Å². The Hall–Kier alpha value is -1.30. The summed E-state index contributed by atoms with van der Waals surface area (Å²) in [6, 6.07) is 0.944. The fourth-order valence-corrected chi connectivity index (χ4v) is 1.43. The van der Waals surface area contributed by atoms with Crippen molar-refractivity contribution in [3.8, 4) is 0 Å². The Morgan fingerprint density at radius 3 is 2.67 bits per heavy atom. The molecule has 15 heavy (non-hydrogen) atoms. The van der Waals surface area contributed by atoms with Crippen LogP contribution in [0.25, 0.3) is 0 Å². The summed E-state index contributed by atoms with van der Waals surface area (Å²) >= 11 is 3.08. The van der Waals surface area contributed by atoms with Gasteiger partial charge in [0.1, 0.15) is 6.04 Å². The number of carbonyl (C=O) groups excluding carboxylic acids is 2. The monoisotopic (exact) mass is 274 g/mol. The molecule has 5 nitrogen and oxygen atoms in total. The third-order valence-corrected chi connectivity index (χ3v) is 2.46. The highest BCUT2D eigenvalue weighted by Gasteiger charge is 2.18. The minimum absolute atomic E-state index is 0.247. The highest BCUT2D eigenvalue weighted by Crippen LogP contribution is 2.17. The number of nitrogens with one attached hydrogen (secondary N) is 2. The zero-order valence-electron chi connectivity index (χ0n) is 8.33. The Labute approximate surface area is 95.3 Å². The lowest BCUT2D eigenvalue weighted by Gasteiger charge is -2.11. The Kier molecular flexibility index (Phi) is 3.90. The molecule has 0 saturated carbocycles. The molecule has 0 aliphatic carbocycles. The fraction of sp³-hybridized carbons (Fsp3) is 0.333. The van der Waals surface area contributed by atoms with Crippen molar-refractivity contribution in [1.82, 2.24) is 10.6 Å². The van der Waals surface area contributed by atoms with E-state index in [2.05, 4.69) is 26.6 Å². The number of furan rings is 1. The van der Waals surface area contributed by atoms with Crippen molar-refractivity contribution in [2.45, 2.75) is 13.0 Å². The van der Waals surface area contributed by atoms with Crippen LogP contribution in [0.4, 0.5) is 0 Å². The van der Waals surface area contributed by atoms with E-state index in [0.717, 1.165) is 0 Å². The number of hydrogen-bond donors (Lipinski definition) is 2. The molecule has 2 N–H and O–H groups in total. The van der Waals surface area contributed by atoms with Crippen LogP contribution in [0.1, 0.15) is 17.3 Å². The van der Waals surface area contributed by atoms with Gasteiger partial charge in [0.05, 0.1) is 11.8 Å². The maximum atomic E-state index is 11.6. The molecule has 6 heteroatoms. The zero-order chi connectivity index (χ0) is 11.4. The Bertz CT molecular complexity index is 375. The van der Waals surface area contributed by atoms with Gasteiger partial charge >= 0.3 is 0 Å². The Morgan fingerprint density at radius 1 is 1.53 bits per heavy atom. The molecule has 1 unspecified atom stereocenters. The molecule has 0 aromatic carbocycles. The first-order valence-electron chi connectivity index (χ1n) is 4.31. The summed E-state index contributed by atoms with van der Waals surface area (Å²) < 4.78 is 5.26. The summed E-state index contributed by atoms with van der Waals surface area (Å²) in [5.41, 5.74) is 0.366. The van der Waals surface area contributed by atoms with Crippen LogP contribution >= 0.6 is 15.9 Å².